The zero-order valence-electron chi connectivity index (χ0n) is 13.7. The van der Waals surface area contributed by atoms with Crippen LogP contribution < -0.4 is 0 Å². The molecule has 1 unspecified atom stereocenters. The predicted octanol–water partition coefficient (Wildman–Crippen LogP) is 6.39. The monoisotopic (exact) mass is 270 g/mol. The van der Waals surface area contributed by atoms with Crippen LogP contribution in [0.2, 0.25) is 0 Å². The van der Waals surface area contributed by atoms with Gasteiger partial charge in [0.2, 0.25) is 0 Å². The average Bonchev–Trinajstić information content (AvgIpc) is 2.42. The Morgan fingerprint density at radius 3 is 2.40 bits per heavy atom. The van der Waals surface area contributed by atoms with E-state index in [2.05, 4.69) is 58.2 Å². The van der Waals surface area contributed by atoms with Crippen molar-refractivity contribution >= 4 is 0 Å². The van der Waals surface area contributed by atoms with Gasteiger partial charge in [-0.1, -0.05) is 73.6 Å². The SMILES string of the molecule is C=C(C)/C=C\C(=C)C(C)CC[C@@H](C)C1=CC=C(C)CC1. The maximum absolute atomic E-state index is 4.17. The summed E-state index contributed by atoms with van der Waals surface area (Å²) < 4.78 is 0. The summed E-state index contributed by atoms with van der Waals surface area (Å²) in [5, 5.41) is 0. The molecule has 0 bridgehead atoms. The van der Waals surface area contributed by atoms with Gasteiger partial charge in [0.15, 0.2) is 0 Å². The van der Waals surface area contributed by atoms with Crippen molar-refractivity contribution in [3.05, 3.63) is 59.8 Å². The topological polar surface area (TPSA) is 0 Å². The van der Waals surface area contributed by atoms with E-state index >= 15 is 0 Å². The second kappa shape index (κ2) is 8.09. The van der Waals surface area contributed by atoms with Gasteiger partial charge in [0.1, 0.15) is 0 Å². The molecule has 2 atom stereocenters. The molecule has 0 aromatic carbocycles. The van der Waals surface area contributed by atoms with Crippen LogP contribution in [0, 0.1) is 11.8 Å². The molecule has 0 N–H and O–H groups in total. The van der Waals surface area contributed by atoms with Crippen molar-refractivity contribution in [1.82, 2.24) is 0 Å². The Kier molecular flexibility index (Phi) is 6.78. The highest BCUT2D eigenvalue weighted by atomic mass is 14.2. The fraction of sp³-hybridized carbons (Fsp3) is 0.500. The lowest BCUT2D eigenvalue weighted by Gasteiger charge is -2.21. The van der Waals surface area contributed by atoms with E-state index in [0.717, 1.165) is 5.57 Å². The molecule has 0 heterocycles. The zero-order chi connectivity index (χ0) is 15.1. The van der Waals surface area contributed by atoms with Gasteiger partial charge in [-0.25, -0.2) is 0 Å². The van der Waals surface area contributed by atoms with E-state index in [1.807, 2.05) is 6.92 Å². The Balaban J connectivity index is 2.42. The van der Waals surface area contributed by atoms with Gasteiger partial charge >= 0.3 is 0 Å². The highest BCUT2D eigenvalue weighted by Crippen LogP contribution is 2.29. The molecular formula is C20H30. The van der Waals surface area contributed by atoms with Crippen molar-refractivity contribution in [3.63, 3.8) is 0 Å². The molecule has 0 saturated carbocycles. The minimum atomic E-state index is 0.550. The molecule has 1 aliphatic carbocycles. The fourth-order valence-corrected chi connectivity index (χ4v) is 2.45. The number of hydrogen-bond donors (Lipinski definition) is 0. The molecule has 0 heteroatoms. The Morgan fingerprint density at radius 2 is 1.85 bits per heavy atom. The van der Waals surface area contributed by atoms with E-state index in [9.17, 15) is 0 Å². The molecular weight excluding hydrogens is 240 g/mol. The fourth-order valence-electron chi connectivity index (χ4n) is 2.45. The van der Waals surface area contributed by atoms with Gasteiger partial charge in [0.25, 0.3) is 0 Å². The number of rotatable bonds is 7. The normalized spacial score (nSPS) is 18.4. The van der Waals surface area contributed by atoms with Gasteiger partial charge in [0, 0.05) is 0 Å². The zero-order valence-corrected chi connectivity index (χ0v) is 13.7. The van der Waals surface area contributed by atoms with Crippen molar-refractivity contribution in [3.8, 4) is 0 Å². The summed E-state index contributed by atoms with van der Waals surface area (Å²) in [6.07, 6.45) is 13.7. The highest BCUT2D eigenvalue weighted by Gasteiger charge is 2.13. The van der Waals surface area contributed by atoms with Crippen LogP contribution in [0.5, 0.6) is 0 Å². The first-order valence-corrected chi connectivity index (χ1v) is 7.78. The van der Waals surface area contributed by atoms with Crippen LogP contribution in [-0.2, 0) is 0 Å². The molecule has 0 aromatic heterocycles. The number of allylic oxidation sites excluding steroid dienone is 8. The first-order valence-electron chi connectivity index (χ1n) is 7.78. The largest absolute Gasteiger partial charge is 0.0961 e. The van der Waals surface area contributed by atoms with Gasteiger partial charge in [-0.2, -0.15) is 0 Å². The molecule has 0 fully saturated rings. The number of hydrogen-bond acceptors (Lipinski definition) is 0. The molecule has 0 radical (unpaired) electrons. The van der Waals surface area contributed by atoms with E-state index in [0.29, 0.717) is 11.8 Å². The van der Waals surface area contributed by atoms with Gasteiger partial charge in [0.05, 0.1) is 0 Å². The van der Waals surface area contributed by atoms with Crippen molar-refractivity contribution in [1.29, 1.82) is 0 Å². The standard InChI is InChI=1S/C20H30/c1-15(2)7-10-17(4)18(5)11-12-19(6)20-13-8-16(3)9-14-20/h7-8,10,13,18-19H,1,4,9,11-12,14H2,2-3,5-6H3/b10-7-/t18?,19-/m1/s1. The van der Waals surface area contributed by atoms with E-state index in [1.54, 1.807) is 5.57 Å². The predicted molar refractivity (Wildman–Crippen MR) is 91.7 cm³/mol. The maximum atomic E-state index is 4.17. The van der Waals surface area contributed by atoms with E-state index in [-0.39, 0.29) is 0 Å². The molecule has 0 amide bonds. The average molecular weight is 270 g/mol. The lowest BCUT2D eigenvalue weighted by molar-refractivity contribution is 0.498. The Morgan fingerprint density at radius 1 is 1.15 bits per heavy atom. The summed E-state index contributed by atoms with van der Waals surface area (Å²) in [7, 11) is 0. The highest BCUT2D eigenvalue weighted by molar-refractivity contribution is 5.25. The first kappa shape index (κ1) is 16.8. The molecule has 0 aromatic rings. The second-order valence-corrected chi connectivity index (χ2v) is 6.39. The lowest BCUT2D eigenvalue weighted by atomic mass is 9.85. The van der Waals surface area contributed by atoms with E-state index in [1.165, 1.54) is 36.8 Å². The molecule has 0 nitrogen and oxygen atoms in total. The quantitative estimate of drug-likeness (QED) is 0.470. The summed E-state index contributed by atoms with van der Waals surface area (Å²) in [5.74, 6) is 1.24. The van der Waals surface area contributed by atoms with Gasteiger partial charge < -0.3 is 0 Å². The van der Waals surface area contributed by atoms with Gasteiger partial charge in [-0.05, 0) is 51.4 Å². The summed E-state index contributed by atoms with van der Waals surface area (Å²) in [5.41, 5.74) is 5.42. The summed E-state index contributed by atoms with van der Waals surface area (Å²) >= 11 is 0. The maximum Gasteiger partial charge on any atom is -0.0196 e. The van der Waals surface area contributed by atoms with E-state index < -0.39 is 0 Å². The Hall–Kier alpha value is -1.30. The van der Waals surface area contributed by atoms with Gasteiger partial charge in [-0.3, -0.25) is 0 Å². The molecule has 0 aliphatic heterocycles. The minimum absolute atomic E-state index is 0.550. The van der Waals surface area contributed by atoms with Crippen molar-refractivity contribution in [2.75, 3.05) is 0 Å². The second-order valence-electron chi connectivity index (χ2n) is 6.39. The van der Waals surface area contributed by atoms with Crippen LogP contribution in [0.15, 0.2) is 59.8 Å². The smallest absolute Gasteiger partial charge is 0.0196 e. The summed E-state index contributed by atoms with van der Waals surface area (Å²) in [6.45, 7) is 16.9. The molecule has 0 spiro atoms. The van der Waals surface area contributed by atoms with Crippen LogP contribution in [0.25, 0.3) is 0 Å². The third-order valence-electron chi connectivity index (χ3n) is 4.27. The first-order chi connectivity index (χ1) is 9.40. The molecule has 1 rings (SSSR count). The minimum Gasteiger partial charge on any atom is -0.0961 e. The third-order valence-corrected chi connectivity index (χ3v) is 4.27. The molecule has 1 aliphatic rings. The Bertz CT molecular complexity index is 443. The Labute approximate surface area is 125 Å². The van der Waals surface area contributed by atoms with Crippen molar-refractivity contribution in [2.24, 2.45) is 11.8 Å². The molecule has 110 valence electrons. The van der Waals surface area contributed by atoms with Crippen LogP contribution in [0.1, 0.15) is 53.4 Å². The van der Waals surface area contributed by atoms with Crippen LogP contribution >= 0.6 is 0 Å². The summed E-state index contributed by atoms with van der Waals surface area (Å²) in [6, 6.07) is 0. The van der Waals surface area contributed by atoms with Crippen molar-refractivity contribution in [2.45, 2.75) is 53.4 Å². The summed E-state index contributed by atoms with van der Waals surface area (Å²) in [4.78, 5) is 0. The van der Waals surface area contributed by atoms with Gasteiger partial charge in [-0.15, -0.1) is 0 Å². The third kappa shape index (κ3) is 5.77. The molecule has 20 heavy (non-hydrogen) atoms. The van der Waals surface area contributed by atoms with Crippen LogP contribution in [0.3, 0.4) is 0 Å². The lowest BCUT2D eigenvalue weighted by Crippen LogP contribution is -2.06. The van der Waals surface area contributed by atoms with Crippen LogP contribution in [0.4, 0.5) is 0 Å². The van der Waals surface area contributed by atoms with Crippen LogP contribution in [-0.4, -0.2) is 0 Å². The van der Waals surface area contributed by atoms with E-state index in [4.69, 9.17) is 0 Å². The van der Waals surface area contributed by atoms with Crippen molar-refractivity contribution < 1.29 is 0 Å². The molecule has 0 saturated heterocycles.